The van der Waals surface area contributed by atoms with Gasteiger partial charge in [-0.05, 0) is 35.4 Å². The summed E-state index contributed by atoms with van der Waals surface area (Å²) in [4.78, 5) is 23.8. The molecule has 1 atom stereocenters. The number of carboxylic acid groups (broad SMARTS) is 1. The number of carbonyl (C=O) groups excluding carboxylic acids is 1. The highest BCUT2D eigenvalue weighted by Gasteiger charge is 2.23. The van der Waals surface area contributed by atoms with Crippen LogP contribution < -0.4 is 10.1 Å². The van der Waals surface area contributed by atoms with Crippen molar-refractivity contribution in [2.45, 2.75) is 19.1 Å². The fraction of sp³-hybridized carbons (Fsp3) is 0.130. The quantitative estimate of drug-likeness (QED) is 0.588. The molecule has 0 aliphatic rings. The lowest BCUT2D eigenvalue weighted by Gasteiger charge is -2.16. The van der Waals surface area contributed by atoms with Crippen LogP contribution in [0.3, 0.4) is 0 Å². The largest absolute Gasteiger partial charge is 0.489 e. The highest BCUT2D eigenvalue weighted by atomic mass is 19.2. The lowest BCUT2D eigenvalue weighted by molar-refractivity contribution is -0.139. The van der Waals surface area contributed by atoms with Gasteiger partial charge < -0.3 is 15.2 Å². The monoisotopic (exact) mass is 411 g/mol. The zero-order valence-corrected chi connectivity index (χ0v) is 15.8. The van der Waals surface area contributed by atoms with E-state index in [9.17, 15) is 23.5 Å². The Bertz CT molecular complexity index is 1040. The zero-order chi connectivity index (χ0) is 21.5. The number of hydrogen-bond donors (Lipinski definition) is 2. The Morgan fingerprint density at radius 1 is 0.933 bits per heavy atom. The van der Waals surface area contributed by atoms with E-state index in [-0.39, 0.29) is 6.42 Å². The molecule has 30 heavy (non-hydrogen) atoms. The minimum absolute atomic E-state index is 0.0550. The molecule has 7 heteroatoms. The number of aliphatic carboxylic acids is 1. The molecule has 3 rings (SSSR count). The molecule has 1 amide bonds. The summed E-state index contributed by atoms with van der Waals surface area (Å²) in [6.07, 6.45) is -0.0550. The highest BCUT2D eigenvalue weighted by Crippen LogP contribution is 2.17. The molecule has 0 fully saturated rings. The zero-order valence-electron chi connectivity index (χ0n) is 15.8. The number of benzene rings is 3. The van der Waals surface area contributed by atoms with Crippen LogP contribution in [0.1, 0.15) is 21.5 Å². The molecule has 0 aliphatic carbocycles. The third kappa shape index (κ3) is 5.41. The van der Waals surface area contributed by atoms with Crippen molar-refractivity contribution in [1.82, 2.24) is 5.32 Å². The Labute approximate surface area is 171 Å². The molecule has 0 saturated heterocycles. The number of nitrogens with one attached hydrogen (secondary N) is 1. The van der Waals surface area contributed by atoms with Crippen molar-refractivity contribution in [3.05, 3.63) is 101 Å². The Hall–Kier alpha value is -3.74. The standard InChI is InChI=1S/C23H19F2NO4/c24-19-11-5-10-18(21(19)25)22(27)26-20(23(28)29)13-16-8-4-9-17(12-16)30-14-15-6-2-1-3-7-15/h1-12,20H,13-14H2,(H,26,27)(H,28,29)/t20-/m0/s1. The van der Waals surface area contributed by atoms with Gasteiger partial charge in [0.15, 0.2) is 11.6 Å². The second-order valence-corrected chi connectivity index (χ2v) is 6.59. The third-order valence-corrected chi connectivity index (χ3v) is 4.39. The van der Waals surface area contributed by atoms with Gasteiger partial charge in [0.1, 0.15) is 18.4 Å². The molecule has 3 aromatic carbocycles. The second-order valence-electron chi connectivity index (χ2n) is 6.59. The summed E-state index contributed by atoms with van der Waals surface area (Å²) >= 11 is 0. The van der Waals surface area contributed by atoms with Gasteiger partial charge >= 0.3 is 5.97 Å². The van der Waals surface area contributed by atoms with E-state index in [0.717, 1.165) is 17.7 Å². The number of hydrogen-bond acceptors (Lipinski definition) is 3. The maximum atomic E-state index is 13.8. The minimum atomic E-state index is -1.33. The predicted molar refractivity (Wildman–Crippen MR) is 106 cm³/mol. The minimum Gasteiger partial charge on any atom is -0.489 e. The van der Waals surface area contributed by atoms with Crippen molar-refractivity contribution >= 4 is 11.9 Å². The van der Waals surface area contributed by atoms with E-state index in [1.54, 1.807) is 24.3 Å². The average molecular weight is 411 g/mol. The van der Waals surface area contributed by atoms with Gasteiger partial charge in [0.05, 0.1) is 5.56 Å². The molecule has 0 radical (unpaired) electrons. The first-order chi connectivity index (χ1) is 14.4. The van der Waals surface area contributed by atoms with Gasteiger partial charge in [-0.3, -0.25) is 4.79 Å². The Kier molecular flexibility index (Phi) is 6.75. The van der Waals surface area contributed by atoms with Crippen molar-refractivity contribution in [2.24, 2.45) is 0 Å². The number of carboxylic acids is 1. The number of halogens is 2. The van der Waals surface area contributed by atoms with E-state index in [0.29, 0.717) is 17.9 Å². The molecule has 154 valence electrons. The van der Waals surface area contributed by atoms with Gasteiger partial charge in [0.25, 0.3) is 5.91 Å². The number of rotatable bonds is 8. The summed E-state index contributed by atoms with van der Waals surface area (Å²) in [5.74, 6) is -4.26. The van der Waals surface area contributed by atoms with Gasteiger partial charge in [-0.1, -0.05) is 48.5 Å². The number of carbonyl (C=O) groups is 2. The maximum absolute atomic E-state index is 13.8. The normalized spacial score (nSPS) is 11.5. The molecule has 0 spiro atoms. The first-order valence-corrected chi connectivity index (χ1v) is 9.17. The van der Waals surface area contributed by atoms with E-state index >= 15 is 0 Å². The summed E-state index contributed by atoms with van der Waals surface area (Å²) in [5, 5.41) is 11.7. The SMILES string of the molecule is O=C(N[C@@H](Cc1cccc(OCc2ccccc2)c1)C(=O)O)c1cccc(F)c1F. The summed E-state index contributed by atoms with van der Waals surface area (Å²) in [6.45, 7) is 0.349. The fourth-order valence-corrected chi connectivity index (χ4v) is 2.85. The molecule has 0 aromatic heterocycles. The topological polar surface area (TPSA) is 75.6 Å². The molecular formula is C23H19F2NO4. The lowest BCUT2D eigenvalue weighted by atomic mass is 10.0. The van der Waals surface area contributed by atoms with Crippen LogP contribution in [0.25, 0.3) is 0 Å². The van der Waals surface area contributed by atoms with E-state index in [2.05, 4.69) is 5.32 Å². The van der Waals surface area contributed by atoms with Crippen LogP contribution in [0.15, 0.2) is 72.8 Å². The van der Waals surface area contributed by atoms with E-state index < -0.39 is 35.1 Å². The molecule has 5 nitrogen and oxygen atoms in total. The van der Waals surface area contributed by atoms with Crippen LogP contribution in [0, 0.1) is 11.6 Å². The van der Waals surface area contributed by atoms with Gasteiger partial charge in [0, 0.05) is 6.42 Å². The van der Waals surface area contributed by atoms with Crippen LogP contribution in [0.4, 0.5) is 8.78 Å². The summed E-state index contributed by atoms with van der Waals surface area (Å²) in [5.41, 5.74) is 1.03. The highest BCUT2D eigenvalue weighted by molar-refractivity contribution is 5.96. The molecule has 0 bridgehead atoms. The number of ether oxygens (including phenoxy) is 1. The first-order valence-electron chi connectivity index (χ1n) is 9.17. The second kappa shape index (κ2) is 9.65. The molecule has 3 aromatic rings. The molecule has 0 unspecified atom stereocenters. The summed E-state index contributed by atoms with van der Waals surface area (Å²) in [7, 11) is 0. The van der Waals surface area contributed by atoms with Crippen molar-refractivity contribution in [3.63, 3.8) is 0 Å². The number of amides is 1. The first kappa shape index (κ1) is 21.0. The van der Waals surface area contributed by atoms with E-state index in [1.807, 2.05) is 30.3 Å². The van der Waals surface area contributed by atoms with Gasteiger partial charge in [-0.25, -0.2) is 13.6 Å². The Morgan fingerprint density at radius 3 is 2.37 bits per heavy atom. The molecule has 0 heterocycles. The molecule has 2 N–H and O–H groups in total. The van der Waals surface area contributed by atoms with Crippen molar-refractivity contribution in [2.75, 3.05) is 0 Å². The summed E-state index contributed by atoms with van der Waals surface area (Å²) < 4.78 is 32.9. The van der Waals surface area contributed by atoms with Gasteiger partial charge in [-0.15, -0.1) is 0 Å². The van der Waals surface area contributed by atoms with Gasteiger partial charge in [-0.2, -0.15) is 0 Å². The van der Waals surface area contributed by atoms with Crippen LogP contribution in [-0.2, 0) is 17.8 Å². The van der Waals surface area contributed by atoms with Crippen LogP contribution in [0.2, 0.25) is 0 Å². The third-order valence-electron chi connectivity index (χ3n) is 4.39. The molecule has 0 saturated carbocycles. The summed E-state index contributed by atoms with van der Waals surface area (Å²) in [6, 6.07) is 18.2. The Balaban J connectivity index is 1.68. The van der Waals surface area contributed by atoms with Crippen molar-refractivity contribution in [1.29, 1.82) is 0 Å². The van der Waals surface area contributed by atoms with Gasteiger partial charge in [0.2, 0.25) is 0 Å². The van der Waals surface area contributed by atoms with Crippen LogP contribution in [0.5, 0.6) is 5.75 Å². The van der Waals surface area contributed by atoms with Crippen molar-refractivity contribution < 1.29 is 28.2 Å². The predicted octanol–water partition coefficient (Wildman–Crippen LogP) is 3.97. The molecule has 0 aliphatic heterocycles. The van der Waals surface area contributed by atoms with Crippen LogP contribution >= 0.6 is 0 Å². The molecular weight excluding hydrogens is 392 g/mol. The fourth-order valence-electron chi connectivity index (χ4n) is 2.85. The van der Waals surface area contributed by atoms with Crippen LogP contribution in [-0.4, -0.2) is 23.0 Å². The van der Waals surface area contributed by atoms with E-state index in [4.69, 9.17) is 4.74 Å². The van der Waals surface area contributed by atoms with Crippen molar-refractivity contribution in [3.8, 4) is 5.75 Å². The average Bonchev–Trinajstić information content (AvgIpc) is 2.74. The maximum Gasteiger partial charge on any atom is 0.326 e. The lowest BCUT2D eigenvalue weighted by Crippen LogP contribution is -2.42. The Morgan fingerprint density at radius 2 is 1.63 bits per heavy atom. The van der Waals surface area contributed by atoms with E-state index in [1.165, 1.54) is 6.07 Å². The smallest absolute Gasteiger partial charge is 0.326 e.